The molecule has 2 aromatic rings. The molecule has 0 aliphatic heterocycles. The second-order valence-electron chi connectivity index (χ2n) is 3.03. The van der Waals surface area contributed by atoms with E-state index in [2.05, 4.69) is 25.3 Å². The van der Waals surface area contributed by atoms with Crippen LogP contribution in [0.5, 0.6) is 0 Å². The van der Waals surface area contributed by atoms with Crippen molar-refractivity contribution in [2.24, 2.45) is 0 Å². The van der Waals surface area contributed by atoms with Gasteiger partial charge in [0.25, 0.3) is 0 Å². The molecular weight excluding hydrogens is 286 g/mol. The molecule has 2 N–H and O–H groups in total. The summed E-state index contributed by atoms with van der Waals surface area (Å²) >= 11 is 6.68. The standard InChI is InChI=1S/C7H8ClN5O2S2/c8-5-1-2-7(16-5)17(14,15)9-4-3-6-10-12-13-11-6/h1-2,9H,3-4H2,(H,10,11,12,13). The van der Waals surface area contributed by atoms with E-state index in [1.165, 1.54) is 6.07 Å². The largest absolute Gasteiger partial charge is 0.250 e. The first-order valence-corrected chi connectivity index (χ1v) is 7.23. The summed E-state index contributed by atoms with van der Waals surface area (Å²) in [5, 5.41) is 13.1. The van der Waals surface area contributed by atoms with Crippen LogP contribution in [0, 0.1) is 0 Å². The summed E-state index contributed by atoms with van der Waals surface area (Å²) in [5.41, 5.74) is 0. The van der Waals surface area contributed by atoms with E-state index in [0.29, 0.717) is 16.6 Å². The topological polar surface area (TPSA) is 101 Å². The minimum Gasteiger partial charge on any atom is -0.210 e. The molecule has 0 fully saturated rings. The minimum atomic E-state index is -3.49. The zero-order valence-electron chi connectivity index (χ0n) is 8.42. The van der Waals surface area contributed by atoms with Crippen molar-refractivity contribution in [1.82, 2.24) is 25.3 Å². The highest BCUT2D eigenvalue weighted by atomic mass is 35.5. The van der Waals surface area contributed by atoms with Gasteiger partial charge in [0.1, 0.15) is 4.21 Å². The normalized spacial score (nSPS) is 11.8. The summed E-state index contributed by atoms with van der Waals surface area (Å²) < 4.78 is 26.6. The number of hydrogen-bond acceptors (Lipinski definition) is 6. The Morgan fingerprint density at radius 1 is 1.47 bits per heavy atom. The van der Waals surface area contributed by atoms with Gasteiger partial charge in [0.15, 0.2) is 5.82 Å². The number of tetrazole rings is 1. The predicted molar refractivity (Wildman–Crippen MR) is 62.4 cm³/mol. The van der Waals surface area contributed by atoms with Gasteiger partial charge in [-0.3, -0.25) is 0 Å². The van der Waals surface area contributed by atoms with Crippen LogP contribution in [0.1, 0.15) is 5.82 Å². The van der Waals surface area contributed by atoms with Gasteiger partial charge in [-0.05, 0) is 12.1 Å². The van der Waals surface area contributed by atoms with E-state index in [4.69, 9.17) is 11.6 Å². The van der Waals surface area contributed by atoms with Gasteiger partial charge in [-0.2, -0.15) is 5.21 Å². The smallest absolute Gasteiger partial charge is 0.210 e. The second-order valence-corrected chi connectivity index (χ2v) is 6.74. The van der Waals surface area contributed by atoms with Crippen molar-refractivity contribution in [3.8, 4) is 0 Å². The molecule has 0 aliphatic carbocycles. The van der Waals surface area contributed by atoms with E-state index in [-0.39, 0.29) is 10.8 Å². The first-order chi connectivity index (χ1) is 8.08. The number of nitrogens with one attached hydrogen (secondary N) is 2. The van der Waals surface area contributed by atoms with Crippen LogP contribution in [0.2, 0.25) is 4.34 Å². The highest BCUT2D eigenvalue weighted by Gasteiger charge is 2.16. The average Bonchev–Trinajstić information content (AvgIpc) is 2.89. The highest BCUT2D eigenvalue weighted by Crippen LogP contribution is 2.25. The fourth-order valence-electron chi connectivity index (χ4n) is 1.10. The van der Waals surface area contributed by atoms with E-state index in [9.17, 15) is 8.42 Å². The maximum absolute atomic E-state index is 11.8. The number of sulfonamides is 1. The number of rotatable bonds is 5. The first-order valence-electron chi connectivity index (χ1n) is 4.55. The third-order valence-electron chi connectivity index (χ3n) is 1.84. The van der Waals surface area contributed by atoms with Gasteiger partial charge in [0.2, 0.25) is 10.0 Å². The third kappa shape index (κ3) is 3.22. The average molecular weight is 294 g/mol. The van der Waals surface area contributed by atoms with Crippen LogP contribution in [0.15, 0.2) is 16.3 Å². The SMILES string of the molecule is O=S(=O)(NCCc1nn[nH]n1)c1ccc(Cl)s1. The van der Waals surface area contributed by atoms with Crippen molar-refractivity contribution in [3.63, 3.8) is 0 Å². The first kappa shape index (κ1) is 12.4. The molecule has 2 aromatic heterocycles. The Morgan fingerprint density at radius 3 is 2.88 bits per heavy atom. The quantitative estimate of drug-likeness (QED) is 0.833. The Bertz CT molecular complexity index is 579. The van der Waals surface area contributed by atoms with E-state index in [1.807, 2.05) is 0 Å². The van der Waals surface area contributed by atoms with Gasteiger partial charge in [-0.1, -0.05) is 16.8 Å². The number of nitrogens with zero attached hydrogens (tertiary/aromatic N) is 3. The van der Waals surface area contributed by atoms with Crippen molar-refractivity contribution in [2.75, 3.05) is 6.54 Å². The Kier molecular flexibility index (Phi) is 3.72. The maximum atomic E-state index is 11.8. The zero-order chi connectivity index (χ0) is 12.3. The number of aromatic nitrogens is 4. The molecule has 17 heavy (non-hydrogen) atoms. The summed E-state index contributed by atoms with van der Waals surface area (Å²) in [6.45, 7) is 0.206. The van der Waals surface area contributed by atoms with Crippen LogP contribution in [0.4, 0.5) is 0 Å². The molecular formula is C7H8ClN5O2S2. The van der Waals surface area contributed by atoms with Gasteiger partial charge >= 0.3 is 0 Å². The van der Waals surface area contributed by atoms with Crippen LogP contribution in [0.25, 0.3) is 0 Å². The number of thiophene rings is 1. The van der Waals surface area contributed by atoms with E-state index in [1.54, 1.807) is 6.07 Å². The van der Waals surface area contributed by atoms with Crippen LogP contribution < -0.4 is 4.72 Å². The lowest BCUT2D eigenvalue weighted by atomic mass is 10.4. The second kappa shape index (κ2) is 5.08. The minimum absolute atomic E-state index is 0.190. The molecule has 2 heterocycles. The molecule has 10 heteroatoms. The van der Waals surface area contributed by atoms with Gasteiger partial charge in [0.05, 0.1) is 4.34 Å². The summed E-state index contributed by atoms with van der Waals surface area (Å²) in [5.74, 6) is 0.455. The number of aromatic amines is 1. The van der Waals surface area contributed by atoms with Crippen LogP contribution in [0.3, 0.4) is 0 Å². The number of halogens is 1. The lowest BCUT2D eigenvalue weighted by molar-refractivity contribution is 0.583. The number of H-pyrrole nitrogens is 1. The van der Waals surface area contributed by atoms with E-state index >= 15 is 0 Å². The molecule has 0 amide bonds. The summed E-state index contributed by atoms with van der Waals surface area (Å²) in [7, 11) is -3.49. The lowest BCUT2D eigenvalue weighted by Gasteiger charge is -2.02. The molecule has 0 radical (unpaired) electrons. The Morgan fingerprint density at radius 2 is 2.29 bits per heavy atom. The molecule has 0 unspecified atom stereocenters. The van der Waals surface area contributed by atoms with Crippen molar-refractivity contribution in [3.05, 3.63) is 22.3 Å². The summed E-state index contributed by atoms with van der Waals surface area (Å²) in [6.07, 6.45) is 0.370. The van der Waals surface area contributed by atoms with Crippen LogP contribution >= 0.6 is 22.9 Å². The fourth-order valence-corrected chi connectivity index (χ4v) is 3.66. The van der Waals surface area contributed by atoms with Crippen molar-refractivity contribution < 1.29 is 8.42 Å². The molecule has 0 atom stereocenters. The zero-order valence-corrected chi connectivity index (χ0v) is 10.8. The lowest BCUT2D eigenvalue weighted by Crippen LogP contribution is -2.25. The van der Waals surface area contributed by atoms with Gasteiger partial charge in [-0.25, -0.2) is 13.1 Å². The van der Waals surface area contributed by atoms with Gasteiger partial charge in [0, 0.05) is 13.0 Å². The molecule has 0 bridgehead atoms. The van der Waals surface area contributed by atoms with E-state index in [0.717, 1.165) is 11.3 Å². The predicted octanol–water partition coefficient (Wildman–Crippen LogP) is 0.436. The van der Waals surface area contributed by atoms with Gasteiger partial charge < -0.3 is 0 Å². The molecule has 0 spiro atoms. The molecule has 0 saturated heterocycles. The molecule has 0 saturated carbocycles. The summed E-state index contributed by atoms with van der Waals surface area (Å²) in [6, 6.07) is 3.00. The van der Waals surface area contributed by atoms with Crippen molar-refractivity contribution in [2.45, 2.75) is 10.6 Å². The van der Waals surface area contributed by atoms with Crippen molar-refractivity contribution >= 4 is 33.0 Å². The Labute approximate surface area is 106 Å². The maximum Gasteiger partial charge on any atom is 0.250 e. The third-order valence-corrected chi connectivity index (χ3v) is 5.03. The molecule has 7 nitrogen and oxygen atoms in total. The number of hydrogen-bond donors (Lipinski definition) is 2. The molecule has 0 aromatic carbocycles. The van der Waals surface area contributed by atoms with Crippen LogP contribution in [-0.2, 0) is 16.4 Å². The molecule has 92 valence electrons. The Balaban J connectivity index is 1.94. The fraction of sp³-hybridized carbons (Fsp3) is 0.286. The van der Waals surface area contributed by atoms with Gasteiger partial charge in [-0.15, -0.1) is 21.5 Å². The summed E-state index contributed by atoms with van der Waals surface area (Å²) in [4.78, 5) is 0. The molecule has 2 rings (SSSR count). The van der Waals surface area contributed by atoms with E-state index < -0.39 is 10.0 Å². The van der Waals surface area contributed by atoms with Crippen LogP contribution in [-0.4, -0.2) is 35.6 Å². The molecule has 0 aliphatic rings. The highest BCUT2D eigenvalue weighted by molar-refractivity contribution is 7.91. The van der Waals surface area contributed by atoms with Crippen molar-refractivity contribution in [1.29, 1.82) is 0 Å². The Hall–Kier alpha value is -1.03. The monoisotopic (exact) mass is 293 g/mol.